The lowest BCUT2D eigenvalue weighted by Crippen LogP contribution is -2.16. The quantitative estimate of drug-likeness (QED) is 0.460. The van der Waals surface area contributed by atoms with Crippen LogP contribution >= 0.6 is 0 Å². The number of hydrogen-bond donors (Lipinski definition) is 0. The van der Waals surface area contributed by atoms with E-state index in [1.807, 2.05) is 0 Å². The van der Waals surface area contributed by atoms with E-state index in [0.29, 0.717) is 0 Å². The average molecular weight is 282 g/mol. The number of rotatable bonds is 5. The molecule has 0 fully saturated rings. The molecule has 0 heterocycles. The molecule has 108 valence electrons. The smallest absolute Gasteiger partial charge is 0.469 e. The Bertz CT molecular complexity index is 495. The zero-order valence-electron chi connectivity index (χ0n) is 11.1. The van der Waals surface area contributed by atoms with Gasteiger partial charge in [-0.05, 0) is 12.1 Å². The second-order valence-electron chi connectivity index (χ2n) is 3.51. The van der Waals surface area contributed by atoms with Crippen LogP contribution in [0.1, 0.15) is 16.8 Å². The minimum Gasteiger partial charge on any atom is -0.469 e. The molecule has 0 radical (unpaired) electrons. The van der Waals surface area contributed by atoms with Crippen LogP contribution in [0.4, 0.5) is 4.79 Å². The molecule has 0 bridgehead atoms. The maximum Gasteiger partial charge on any atom is 0.513 e. The van der Waals surface area contributed by atoms with Crippen molar-refractivity contribution in [1.82, 2.24) is 0 Å². The van der Waals surface area contributed by atoms with Gasteiger partial charge in [0.25, 0.3) is 0 Å². The molecule has 1 aromatic rings. The van der Waals surface area contributed by atoms with Gasteiger partial charge in [-0.25, -0.2) is 9.59 Å². The van der Waals surface area contributed by atoms with Gasteiger partial charge in [-0.15, -0.1) is 0 Å². The summed E-state index contributed by atoms with van der Waals surface area (Å²) >= 11 is 0. The third kappa shape index (κ3) is 4.60. The highest BCUT2D eigenvalue weighted by Crippen LogP contribution is 2.19. The topological polar surface area (TPSA) is 88.1 Å². The summed E-state index contributed by atoms with van der Waals surface area (Å²) in [5.74, 6) is -1.13. The Morgan fingerprint density at radius 1 is 1.05 bits per heavy atom. The van der Waals surface area contributed by atoms with Crippen molar-refractivity contribution in [2.75, 3.05) is 20.8 Å². The van der Waals surface area contributed by atoms with Gasteiger partial charge in [0.05, 0.1) is 20.6 Å². The second kappa shape index (κ2) is 7.78. The predicted octanol–water partition coefficient (Wildman–Crippen LogP) is 1.55. The van der Waals surface area contributed by atoms with E-state index in [0.717, 1.165) is 0 Å². The number of ether oxygens (including phenoxy) is 4. The maximum atomic E-state index is 11.4. The lowest BCUT2D eigenvalue weighted by molar-refractivity contribution is -0.141. The first-order valence-electron chi connectivity index (χ1n) is 5.67. The molecule has 0 N–H and O–H groups in total. The SMILES string of the molecule is COC(=O)CCOC(=O)Oc1ccccc1C(=O)OC. The van der Waals surface area contributed by atoms with Gasteiger partial charge in [0, 0.05) is 0 Å². The van der Waals surface area contributed by atoms with Gasteiger partial charge in [0.2, 0.25) is 0 Å². The average Bonchev–Trinajstić information content (AvgIpc) is 2.46. The first-order chi connectivity index (χ1) is 9.58. The molecule has 0 aliphatic rings. The molecule has 0 unspecified atom stereocenters. The summed E-state index contributed by atoms with van der Waals surface area (Å²) in [6.45, 7) is -0.175. The van der Waals surface area contributed by atoms with Crippen molar-refractivity contribution in [2.24, 2.45) is 0 Å². The van der Waals surface area contributed by atoms with Gasteiger partial charge < -0.3 is 18.9 Å². The summed E-state index contributed by atoms with van der Waals surface area (Å²) < 4.78 is 18.5. The molecular formula is C13H14O7. The van der Waals surface area contributed by atoms with E-state index in [9.17, 15) is 14.4 Å². The summed E-state index contributed by atoms with van der Waals surface area (Å²) in [4.78, 5) is 33.7. The molecule has 0 saturated heterocycles. The van der Waals surface area contributed by atoms with Crippen LogP contribution in [0.25, 0.3) is 0 Å². The molecule has 0 aliphatic carbocycles. The molecule has 7 heteroatoms. The Kier molecular flexibility index (Phi) is 6.02. The number of hydrogen-bond acceptors (Lipinski definition) is 7. The van der Waals surface area contributed by atoms with E-state index in [4.69, 9.17) is 4.74 Å². The van der Waals surface area contributed by atoms with Crippen molar-refractivity contribution in [3.05, 3.63) is 29.8 Å². The molecule has 7 nitrogen and oxygen atoms in total. The monoisotopic (exact) mass is 282 g/mol. The zero-order valence-corrected chi connectivity index (χ0v) is 11.1. The molecule has 20 heavy (non-hydrogen) atoms. The molecule has 0 spiro atoms. The summed E-state index contributed by atoms with van der Waals surface area (Å²) in [6.07, 6.45) is -1.10. The molecule has 0 aromatic heterocycles. The second-order valence-corrected chi connectivity index (χ2v) is 3.51. The summed E-state index contributed by atoms with van der Waals surface area (Å²) in [6, 6.07) is 6.06. The fourth-order valence-electron chi connectivity index (χ4n) is 1.27. The molecule has 1 rings (SSSR count). The standard InChI is InChI=1S/C13H14O7/c1-17-11(14)7-8-19-13(16)20-10-6-4-3-5-9(10)12(15)18-2/h3-6H,7-8H2,1-2H3. The zero-order chi connectivity index (χ0) is 15.0. The largest absolute Gasteiger partial charge is 0.513 e. The molecule has 0 aliphatic heterocycles. The highest BCUT2D eigenvalue weighted by atomic mass is 16.7. The van der Waals surface area contributed by atoms with Crippen molar-refractivity contribution in [3.8, 4) is 5.75 Å². The van der Waals surface area contributed by atoms with Crippen LogP contribution in [0.3, 0.4) is 0 Å². The molecule has 0 saturated carbocycles. The van der Waals surface area contributed by atoms with Crippen LogP contribution in [-0.2, 0) is 19.0 Å². The van der Waals surface area contributed by atoms with Crippen molar-refractivity contribution >= 4 is 18.1 Å². The van der Waals surface area contributed by atoms with E-state index in [1.54, 1.807) is 12.1 Å². The third-order valence-corrected chi connectivity index (χ3v) is 2.24. The molecule has 0 atom stereocenters. The highest BCUT2D eigenvalue weighted by Gasteiger charge is 2.16. The minimum absolute atomic E-state index is 0.0161. The first-order valence-corrected chi connectivity index (χ1v) is 5.67. The Hall–Kier alpha value is -2.57. The number of methoxy groups -OCH3 is 2. The summed E-state index contributed by atoms with van der Waals surface area (Å²) in [5, 5.41) is 0. The van der Waals surface area contributed by atoms with Gasteiger partial charge in [-0.2, -0.15) is 0 Å². The van der Waals surface area contributed by atoms with Crippen molar-refractivity contribution < 1.29 is 33.3 Å². The highest BCUT2D eigenvalue weighted by molar-refractivity contribution is 5.93. The Balaban J connectivity index is 2.58. The normalized spacial score (nSPS) is 9.50. The maximum absolute atomic E-state index is 11.4. The van der Waals surface area contributed by atoms with Crippen LogP contribution < -0.4 is 4.74 Å². The number of benzene rings is 1. The first kappa shape index (κ1) is 15.5. The van der Waals surface area contributed by atoms with E-state index < -0.39 is 18.1 Å². The van der Waals surface area contributed by atoms with E-state index >= 15 is 0 Å². The van der Waals surface area contributed by atoms with E-state index in [1.165, 1.54) is 26.4 Å². The summed E-state index contributed by atoms with van der Waals surface area (Å²) in [5.41, 5.74) is 0.0971. The fraction of sp³-hybridized carbons (Fsp3) is 0.308. The van der Waals surface area contributed by atoms with Crippen LogP contribution in [-0.4, -0.2) is 38.9 Å². The number of carbonyl (C=O) groups is 3. The van der Waals surface area contributed by atoms with Gasteiger partial charge in [-0.1, -0.05) is 12.1 Å². The lowest BCUT2D eigenvalue weighted by Gasteiger charge is -2.08. The Labute approximate surface area is 115 Å². The van der Waals surface area contributed by atoms with Crippen LogP contribution in [0, 0.1) is 0 Å². The molecule has 1 aromatic carbocycles. The van der Waals surface area contributed by atoms with Crippen LogP contribution in [0.15, 0.2) is 24.3 Å². The number of esters is 2. The Morgan fingerprint density at radius 2 is 1.75 bits per heavy atom. The fourth-order valence-corrected chi connectivity index (χ4v) is 1.27. The van der Waals surface area contributed by atoms with Gasteiger partial charge in [0.15, 0.2) is 0 Å². The molecular weight excluding hydrogens is 268 g/mol. The molecule has 0 amide bonds. The van der Waals surface area contributed by atoms with Crippen LogP contribution in [0.5, 0.6) is 5.75 Å². The van der Waals surface area contributed by atoms with E-state index in [2.05, 4.69) is 14.2 Å². The number of carbonyl (C=O) groups excluding carboxylic acids is 3. The third-order valence-electron chi connectivity index (χ3n) is 2.24. The van der Waals surface area contributed by atoms with E-state index in [-0.39, 0.29) is 24.3 Å². The number of para-hydroxylation sites is 1. The van der Waals surface area contributed by atoms with Gasteiger partial charge >= 0.3 is 18.1 Å². The van der Waals surface area contributed by atoms with Crippen molar-refractivity contribution in [3.63, 3.8) is 0 Å². The summed E-state index contributed by atoms with van der Waals surface area (Å²) in [7, 11) is 2.45. The van der Waals surface area contributed by atoms with Crippen molar-refractivity contribution in [2.45, 2.75) is 6.42 Å². The predicted molar refractivity (Wildman–Crippen MR) is 66.4 cm³/mol. The van der Waals surface area contributed by atoms with Crippen molar-refractivity contribution in [1.29, 1.82) is 0 Å². The minimum atomic E-state index is -1.02. The van der Waals surface area contributed by atoms with Crippen LogP contribution in [0.2, 0.25) is 0 Å². The van der Waals surface area contributed by atoms with Gasteiger partial charge in [0.1, 0.15) is 17.9 Å². The van der Waals surface area contributed by atoms with Gasteiger partial charge in [-0.3, -0.25) is 4.79 Å². The lowest BCUT2D eigenvalue weighted by atomic mass is 10.2. The Morgan fingerprint density at radius 3 is 2.40 bits per heavy atom.